The summed E-state index contributed by atoms with van der Waals surface area (Å²) in [7, 11) is -4.43. The summed E-state index contributed by atoms with van der Waals surface area (Å²) >= 11 is 5.70. The average Bonchev–Trinajstić information content (AvgIpc) is 2.96. The van der Waals surface area contributed by atoms with Gasteiger partial charge < -0.3 is 5.73 Å². The van der Waals surface area contributed by atoms with Gasteiger partial charge in [0.2, 0.25) is 10.0 Å². The normalized spacial score (nSPS) is 18.3. The molecule has 0 bridgehead atoms. The molecule has 0 aliphatic heterocycles. The molecule has 0 amide bonds. The van der Waals surface area contributed by atoms with Crippen LogP contribution in [0.3, 0.4) is 0 Å². The van der Waals surface area contributed by atoms with Gasteiger partial charge in [-0.3, -0.25) is 0 Å². The van der Waals surface area contributed by atoms with Crippen molar-refractivity contribution in [3.05, 3.63) is 23.2 Å². The summed E-state index contributed by atoms with van der Waals surface area (Å²) in [5.74, 6) is 0. The third kappa shape index (κ3) is 2.52. The van der Waals surface area contributed by atoms with Gasteiger partial charge in [-0.15, -0.1) is 0 Å². The molecule has 4 nitrogen and oxygen atoms in total. The minimum absolute atomic E-state index is 0.196. The second-order valence-electron chi connectivity index (χ2n) is 4.34. The van der Waals surface area contributed by atoms with Gasteiger partial charge in [-0.25, -0.2) is 8.42 Å². The molecular weight excluding hydrogens is 305 g/mol. The van der Waals surface area contributed by atoms with Gasteiger partial charge in [0.25, 0.3) is 0 Å². The van der Waals surface area contributed by atoms with Crippen LogP contribution in [0.2, 0.25) is 5.02 Å². The van der Waals surface area contributed by atoms with E-state index in [-0.39, 0.29) is 23.6 Å². The molecule has 0 spiro atoms. The average molecular weight is 315 g/mol. The standard InChI is InChI=1S/C10H10ClF3N2O2S/c11-6-2-1-3-7(15)8(6)19(17,18)16-9(4-5-9)10(12,13)14/h1-3,16H,4-5,15H2. The van der Waals surface area contributed by atoms with Crippen LogP contribution in [0.5, 0.6) is 0 Å². The molecule has 19 heavy (non-hydrogen) atoms. The monoisotopic (exact) mass is 314 g/mol. The molecule has 1 aromatic rings. The first kappa shape index (κ1) is 14.4. The summed E-state index contributed by atoms with van der Waals surface area (Å²) in [6.45, 7) is 0. The second kappa shape index (κ2) is 4.26. The van der Waals surface area contributed by atoms with Gasteiger partial charge in [0.15, 0.2) is 0 Å². The molecular formula is C10H10ClF3N2O2S. The van der Waals surface area contributed by atoms with E-state index in [0.29, 0.717) is 0 Å². The highest BCUT2D eigenvalue weighted by atomic mass is 35.5. The van der Waals surface area contributed by atoms with Crippen molar-refractivity contribution in [2.45, 2.75) is 29.5 Å². The summed E-state index contributed by atoms with van der Waals surface area (Å²) < 4.78 is 63.9. The Balaban J connectivity index is 2.40. The van der Waals surface area contributed by atoms with E-state index in [1.807, 2.05) is 0 Å². The van der Waals surface area contributed by atoms with E-state index in [0.717, 1.165) is 0 Å². The largest absolute Gasteiger partial charge is 0.407 e. The fourth-order valence-electron chi connectivity index (χ4n) is 1.69. The minimum Gasteiger partial charge on any atom is -0.398 e. The van der Waals surface area contributed by atoms with Crippen LogP contribution in [-0.4, -0.2) is 20.1 Å². The lowest BCUT2D eigenvalue weighted by Crippen LogP contribution is -2.47. The fourth-order valence-corrected chi connectivity index (χ4v) is 3.81. The molecule has 2 rings (SSSR count). The van der Waals surface area contributed by atoms with E-state index in [4.69, 9.17) is 17.3 Å². The summed E-state index contributed by atoms with van der Waals surface area (Å²) in [6.07, 6.45) is -5.23. The number of rotatable bonds is 3. The molecule has 1 saturated carbocycles. The maximum Gasteiger partial charge on any atom is 0.407 e. The first-order chi connectivity index (χ1) is 8.59. The van der Waals surface area contributed by atoms with E-state index in [1.54, 1.807) is 4.72 Å². The van der Waals surface area contributed by atoms with Crippen molar-refractivity contribution < 1.29 is 21.6 Å². The number of nitrogens with one attached hydrogen (secondary N) is 1. The number of halogens is 4. The van der Waals surface area contributed by atoms with Crippen LogP contribution in [-0.2, 0) is 10.0 Å². The Hall–Kier alpha value is -0.990. The number of alkyl halides is 3. The summed E-state index contributed by atoms with van der Waals surface area (Å²) in [5.41, 5.74) is 2.88. The third-order valence-electron chi connectivity index (χ3n) is 2.89. The SMILES string of the molecule is Nc1cccc(Cl)c1S(=O)(=O)NC1(C(F)(F)F)CC1. The van der Waals surface area contributed by atoms with E-state index >= 15 is 0 Å². The highest BCUT2D eigenvalue weighted by Gasteiger charge is 2.65. The van der Waals surface area contributed by atoms with E-state index in [9.17, 15) is 21.6 Å². The highest BCUT2D eigenvalue weighted by molar-refractivity contribution is 7.89. The van der Waals surface area contributed by atoms with Crippen LogP contribution in [0.25, 0.3) is 0 Å². The lowest BCUT2D eigenvalue weighted by molar-refractivity contribution is -0.160. The van der Waals surface area contributed by atoms with Crippen LogP contribution >= 0.6 is 11.6 Å². The molecule has 1 aliphatic rings. The van der Waals surface area contributed by atoms with Crippen molar-refractivity contribution in [2.24, 2.45) is 0 Å². The Morgan fingerprint density at radius 3 is 2.32 bits per heavy atom. The highest BCUT2D eigenvalue weighted by Crippen LogP contribution is 2.50. The van der Waals surface area contributed by atoms with Gasteiger partial charge in [-0.1, -0.05) is 17.7 Å². The second-order valence-corrected chi connectivity index (χ2v) is 6.37. The van der Waals surface area contributed by atoms with Gasteiger partial charge in [-0.05, 0) is 25.0 Å². The number of anilines is 1. The van der Waals surface area contributed by atoms with Gasteiger partial charge in [-0.2, -0.15) is 17.9 Å². The Labute approximate surface area is 112 Å². The number of sulfonamides is 1. The number of hydrogen-bond acceptors (Lipinski definition) is 3. The van der Waals surface area contributed by atoms with Crippen LogP contribution < -0.4 is 10.5 Å². The molecule has 3 N–H and O–H groups in total. The van der Waals surface area contributed by atoms with E-state index < -0.39 is 26.6 Å². The van der Waals surface area contributed by atoms with E-state index in [1.165, 1.54) is 18.2 Å². The summed E-state index contributed by atoms with van der Waals surface area (Å²) in [5, 5.41) is -0.217. The minimum atomic E-state index is -4.64. The van der Waals surface area contributed by atoms with Crippen LogP contribution in [0.1, 0.15) is 12.8 Å². The Bertz CT molecular complexity index is 591. The number of nitrogens with two attached hydrogens (primary N) is 1. The van der Waals surface area contributed by atoms with Crippen molar-refractivity contribution >= 4 is 27.3 Å². The molecule has 1 fully saturated rings. The maximum atomic E-state index is 12.8. The zero-order valence-corrected chi connectivity index (χ0v) is 11.0. The van der Waals surface area contributed by atoms with Crippen molar-refractivity contribution in [1.82, 2.24) is 4.72 Å². The molecule has 0 heterocycles. The molecule has 9 heteroatoms. The predicted molar refractivity (Wildman–Crippen MR) is 64.2 cm³/mol. The smallest absolute Gasteiger partial charge is 0.398 e. The number of nitrogen functional groups attached to an aromatic ring is 1. The zero-order valence-electron chi connectivity index (χ0n) is 9.46. The lowest BCUT2D eigenvalue weighted by atomic mass is 10.3. The topological polar surface area (TPSA) is 72.2 Å². The van der Waals surface area contributed by atoms with Gasteiger partial charge in [0.1, 0.15) is 10.4 Å². The fraction of sp³-hybridized carbons (Fsp3) is 0.400. The quantitative estimate of drug-likeness (QED) is 0.841. The van der Waals surface area contributed by atoms with Crippen LogP contribution in [0, 0.1) is 0 Å². The van der Waals surface area contributed by atoms with Gasteiger partial charge in [0, 0.05) is 0 Å². The number of hydrogen-bond donors (Lipinski definition) is 2. The Morgan fingerprint density at radius 2 is 1.89 bits per heavy atom. The third-order valence-corrected chi connectivity index (χ3v) is 4.97. The van der Waals surface area contributed by atoms with Crippen molar-refractivity contribution in [1.29, 1.82) is 0 Å². The molecule has 0 unspecified atom stereocenters. The molecule has 0 aromatic heterocycles. The number of benzene rings is 1. The van der Waals surface area contributed by atoms with Crippen LogP contribution in [0.15, 0.2) is 23.1 Å². The van der Waals surface area contributed by atoms with E-state index in [2.05, 4.69) is 0 Å². The zero-order chi connectivity index (χ0) is 14.5. The molecule has 106 valence electrons. The molecule has 0 atom stereocenters. The van der Waals surface area contributed by atoms with Crippen molar-refractivity contribution in [3.63, 3.8) is 0 Å². The summed E-state index contributed by atoms with van der Waals surface area (Å²) in [6, 6.07) is 3.92. The van der Waals surface area contributed by atoms with Gasteiger partial charge >= 0.3 is 6.18 Å². The Kier molecular flexibility index (Phi) is 3.23. The summed E-state index contributed by atoms with van der Waals surface area (Å²) in [4.78, 5) is -0.521. The van der Waals surface area contributed by atoms with Crippen molar-refractivity contribution in [2.75, 3.05) is 5.73 Å². The first-order valence-electron chi connectivity index (χ1n) is 5.24. The first-order valence-corrected chi connectivity index (χ1v) is 7.10. The molecule has 0 radical (unpaired) electrons. The Morgan fingerprint density at radius 1 is 1.32 bits per heavy atom. The molecule has 1 aromatic carbocycles. The predicted octanol–water partition coefficient (Wildman–Crippen LogP) is 2.30. The van der Waals surface area contributed by atoms with Crippen molar-refractivity contribution in [3.8, 4) is 0 Å². The van der Waals surface area contributed by atoms with Crippen LogP contribution in [0.4, 0.5) is 18.9 Å². The lowest BCUT2D eigenvalue weighted by Gasteiger charge is -2.21. The van der Waals surface area contributed by atoms with Gasteiger partial charge in [0.05, 0.1) is 10.7 Å². The molecule has 0 saturated heterocycles. The molecule has 1 aliphatic carbocycles. The maximum absolute atomic E-state index is 12.8.